The Hall–Kier alpha value is -2.34. The van der Waals surface area contributed by atoms with E-state index in [1.807, 2.05) is 37.6 Å². The van der Waals surface area contributed by atoms with Crippen molar-refractivity contribution in [1.29, 1.82) is 0 Å². The lowest BCUT2D eigenvalue weighted by Gasteiger charge is -2.10. The Kier molecular flexibility index (Phi) is 7.01. The normalized spacial score (nSPS) is 10.7. The van der Waals surface area contributed by atoms with Crippen LogP contribution >= 0.6 is 0 Å². The average Bonchev–Trinajstić information content (AvgIpc) is 2.84. The molecule has 0 atom stereocenters. The predicted molar refractivity (Wildman–Crippen MR) is 100 cm³/mol. The van der Waals surface area contributed by atoms with Gasteiger partial charge in [0.05, 0.1) is 23.6 Å². The van der Waals surface area contributed by atoms with Gasteiger partial charge in [0, 0.05) is 19.8 Å². The van der Waals surface area contributed by atoms with Crippen LogP contribution in [0, 0.1) is 20.8 Å². The van der Waals surface area contributed by atoms with Crippen molar-refractivity contribution < 1.29 is 9.53 Å². The Bertz CT molecular complexity index is 709. The van der Waals surface area contributed by atoms with Gasteiger partial charge in [-0.3, -0.25) is 4.68 Å². The van der Waals surface area contributed by atoms with Crippen LogP contribution in [0.4, 0.5) is 10.5 Å². The van der Waals surface area contributed by atoms with Crippen molar-refractivity contribution in [3.05, 3.63) is 46.8 Å². The Morgan fingerprint density at radius 1 is 1.24 bits per heavy atom. The van der Waals surface area contributed by atoms with Gasteiger partial charge in [0.1, 0.15) is 0 Å². The molecule has 1 aromatic heterocycles. The van der Waals surface area contributed by atoms with E-state index < -0.39 is 0 Å². The molecule has 0 aliphatic heterocycles. The van der Waals surface area contributed by atoms with Crippen LogP contribution in [-0.4, -0.2) is 35.6 Å². The zero-order valence-corrected chi connectivity index (χ0v) is 15.6. The summed E-state index contributed by atoms with van der Waals surface area (Å²) in [5.41, 5.74) is 4.99. The first-order chi connectivity index (χ1) is 12.0. The van der Waals surface area contributed by atoms with E-state index in [-0.39, 0.29) is 6.03 Å². The van der Waals surface area contributed by atoms with Crippen LogP contribution in [0.3, 0.4) is 0 Å². The van der Waals surface area contributed by atoms with Gasteiger partial charge in [-0.25, -0.2) is 4.79 Å². The van der Waals surface area contributed by atoms with E-state index in [2.05, 4.69) is 34.8 Å². The lowest BCUT2D eigenvalue weighted by Crippen LogP contribution is -2.30. The number of carbonyl (C=O) groups excluding carboxylic acids is 1. The van der Waals surface area contributed by atoms with E-state index >= 15 is 0 Å². The molecule has 0 aliphatic rings. The van der Waals surface area contributed by atoms with Gasteiger partial charge >= 0.3 is 6.03 Å². The number of benzene rings is 1. The molecule has 6 heteroatoms. The topological polar surface area (TPSA) is 68.2 Å². The summed E-state index contributed by atoms with van der Waals surface area (Å²) >= 11 is 0. The van der Waals surface area contributed by atoms with Crippen molar-refractivity contribution in [3.8, 4) is 0 Å². The van der Waals surface area contributed by atoms with Gasteiger partial charge in [0.15, 0.2) is 0 Å². The number of anilines is 1. The molecule has 2 aromatic rings. The zero-order chi connectivity index (χ0) is 18.2. The van der Waals surface area contributed by atoms with E-state index in [1.54, 1.807) is 0 Å². The average molecular weight is 344 g/mol. The number of hydrogen-bond donors (Lipinski definition) is 2. The summed E-state index contributed by atoms with van der Waals surface area (Å²) in [4.78, 5) is 12.1. The number of hydrogen-bond acceptors (Lipinski definition) is 3. The van der Waals surface area contributed by atoms with E-state index in [1.165, 1.54) is 11.1 Å². The molecule has 2 amide bonds. The minimum atomic E-state index is -0.210. The largest absolute Gasteiger partial charge is 0.382 e. The SMILES string of the molecule is CCOCCCNC(=O)Nc1c(C)nn(Cc2ccccc2C)c1C. The highest BCUT2D eigenvalue weighted by Gasteiger charge is 2.14. The monoisotopic (exact) mass is 344 g/mol. The van der Waals surface area contributed by atoms with E-state index in [4.69, 9.17) is 4.74 Å². The smallest absolute Gasteiger partial charge is 0.319 e. The summed E-state index contributed by atoms with van der Waals surface area (Å²) in [6.07, 6.45) is 0.797. The Balaban J connectivity index is 1.97. The first-order valence-electron chi connectivity index (χ1n) is 8.74. The van der Waals surface area contributed by atoms with Crippen molar-refractivity contribution in [3.63, 3.8) is 0 Å². The predicted octanol–water partition coefficient (Wildman–Crippen LogP) is 3.40. The Morgan fingerprint density at radius 2 is 2.00 bits per heavy atom. The molecule has 2 N–H and O–H groups in total. The number of rotatable bonds is 8. The minimum Gasteiger partial charge on any atom is -0.382 e. The number of aryl methyl sites for hydroxylation is 2. The van der Waals surface area contributed by atoms with E-state index in [9.17, 15) is 4.79 Å². The molecule has 1 heterocycles. The summed E-state index contributed by atoms with van der Waals surface area (Å²) in [6.45, 7) is 10.6. The van der Waals surface area contributed by atoms with Gasteiger partial charge in [-0.2, -0.15) is 5.10 Å². The number of nitrogens with one attached hydrogen (secondary N) is 2. The van der Waals surface area contributed by atoms with Crippen LogP contribution in [0.25, 0.3) is 0 Å². The van der Waals surface area contributed by atoms with Crippen LogP contribution < -0.4 is 10.6 Å². The first kappa shape index (κ1) is 19.0. The van der Waals surface area contributed by atoms with Gasteiger partial charge < -0.3 is 15.4 Å². The first-order valence-corrected chi connectivity index (χ1v) is 8.74. The molecule has 0 bridgehead atoms. The number of urea groups is 1. The fourth-order valence-electron chi connectivity index (χ4n) is 2.66. The van der Waals surface area contributed by atoms with Crippen molar-refractivity contribution in [2.45, 2.75) is 40.7 Å². The highest BCUT2D eigenvalue weighted by atomic mass is 16.5. The lowest BCUT2D eigenvalue weighted by molar-refractivity contribution is 0.145. The third kappa shape index (κ3) is 5.32. The van der Waals surface area contributed by atoms with Crippen LogP contribution in [0.15, 0.2) is 24.3 Å². The summed E-state index contributed by atoms with van der Waals surface area (Å²) in [6, 6.07) is 8.05. The van der Waals surface area contributed by atoms with Crippen LogP contribution in [0.1, 0.15) is 35.9 Å². The highest BCUT2D eigenvalue weighted by Crippen LogP contribution is 2.21. The number of amides is 2. The Labute approximate surface area is 149 Å². The second-order valence-electron chi connectivity index (χ2n) is 6.06. The third-order valence-corrected chi connectivity index (χ3v) is 4.16. The molecular formula is C19H28N4O2. The maximum atomic E-state index is 12.1. The van der Waals surface area contributed by atoms with Gasteiger partial charge in [-0.05, 0) is 45.2 Å². The van der Waals surface area contributed by atoms with Gasteiger partial charge in [0.25, 0.3) is 0 Å². The molecular weight excluding hydrogens is 316 g/mol. The molecule has 0 aliphatic carbocycles. The molecule has 6 nitrogen and oxygen atoms in total. The molecule has 0 unspecified atom stereocenters. The Morgan fingerprint density at radius 3 is 2.72 bits per heavy atom. The molecule has 2 rings (SSSR count). The zero-order valence-electron chi connectivity index (χ0n) is 15.6. The van der Waals surface area contributed by atoms with Crippen molar-refractivity contribution >= 4 is 11.7 Å². The maximum Gasteiger partial charge on any atom is 0.319 e. The van der Waals surface area contributed by atoms with Crippen molar-refractivity contribution in [1.82, 2.24) is 15.1 Å². The molecule has 0 saturated heterocycles. The van der Waals surface area contributed by atoms with Crippen LogP contribution in [-0.2, 0) is 11.3 Å². The number of aromatic nitrogens is 2. The molecule has 0 spiro atoms. The van der Waals surface area contributed by atoms with Crippen LogP contribution in [0.2, 0.25) is 0 Å². The van der Waals surface area contributed by atoms with Gasteiger partial charge in [0.2, 0.25) is 0 Å². The molecule has 1 aromatic carbocycles. The van der Waals surface area contributed by atoms with E-state index in [0.717, 1.165) is 23.5 Å². The molecule has 0 saturated carbocycles. The van der Waals surface area contributed by atoms with Gasteiger partial charge in [-0.1, -0.05) is 24.3 Å². The number of carbonyl (C=O) groups is 1. The quantitative estimate of drug-likeness (QED) is 0.721. The fraction of sp³-hybridized carbons (Fsp3) is 0.474. The lowest BCUT2D eigenvalue weighted by atomic mass is 10.1. The highest BCUT2D eigenvalue weighted by molar-refractivity contribution is 5.90. The second kappa shape index (κ2) is 9.22. The molecule has 136 valence electrons. The number of ether oxygens (including phenoxy) is 1. The third-order valence-electron chi connectivity index (χ3n) is 4.16. The standard InChI is InChI=1S/C19H28N4O2/c1-5-25-12-8-11-20-19(24)21-18-15(3)22-23(16(18)4)13-17-10-7-6-9-14(17)2/h6-7,9-10H,5,8,11-13H2,1-4H3,(H2,20,21,24). The minimum absolute atomic E-state index is 0.210. The summed E-state index contributed by atoms with van der Waals surface area (Å²) in [5, 5.41) is 10.3. The number of nitrogens with zero attached hydrogens (tertiary/aromatic N) is 2. The fourth-order valence-corrected chi connectivity index (χ4v) is 2.66. The summed E-state index contributed by atoms with van der Waals surface area (Å²) in [7, 11) is 0. The summed E-state index contributed by atoms with van der Waals surface area (Å²) in [5.74, 6) is 0. The molecule has 0 fully saturated rings. The van der Waals surface area contributed by atoms with Crippen molar-refractivity contribution in [2.75, 3.05) is 25.1 Å². The van der Waals surface area contributed by atoms with Crippen LogP contribution in [0.5, 0.6) is 0 Å². The van der Waals surface area contributed by atoms with Crippen molar-refractivity contribution in [2.24, 2.45) is 0 Å². The maximum absolute atomic E-state index is 12.1. The van der Waals surface area contributed by atoms with Gasteiger partial charge in [-0.15, -0.1) is 0 Å². The summed E-state index contributed by atoms with van der Waals surface area (Å²) < 4.78 is 7.19. The molecule has 0 radical (unpaired) electrons. The molecule has 25 heavy (non-hydrogen) atoms. The second-order valence-corrected chi connectivity index (χ2v) is 6.06. The van der Waals surface area contributed by atoms with E-state index in [0.29, 0.717) is 26.3 Å².